The molecule has 5 nitrogen and oxygen atoms in total. The van der Waals surface area contributed by atoms with Gasteiger partial charge in [-0.25, -0.2) is 0 Å². The van der Waals surface area contributed by atoms with Crippen molar-refractivity contribution >= 4 is 5.91 Å². The van der Waals surface area contributed by atoms with E-state index in [2.05, 4.69) is 24.0 Å². The smallest absolute Gasteiger partial charge is 0.237 e. The number of ether oxygens (including phenoxy) is 1. The second-order valence-electron chi connectivity index (χ2n) is 4.84. The van der Waals surface area contributed by atoms with Gasteiger partial charge in [0.15, 0.2) is 0 Å². The van der Waals surface area contributed by atoms with Gasteiger partial charge in [0.2, 0.25) is 5.91 Å². The summed E-state index contributed by atoms with van der Waals surface area (Å²) >= 11 is 0. The molecule has 2 unspecified atom stereocenters. The number of hydrogen-bond acceptors (Lipinski definition) is 4. The van der Waals surface area contributed by atoms with E-state index in [1.54, 1.807) is 0 Å². The molecule has 1 aliphatic rings. The van der Waals surface area contributed by atoms with Crippen LogP contribution in [0.5, 0.6) is 0 Å². The van der Waals surface area contributed by atoms with Crippen LogP contribution in [0.2, 0.25) is 0 Å². The Hall–Kier alpha value is -1.43. The largest absolute Gasteiger partial charge is 0.378 e. The first-order chi connectivity index (χ1) is 9.15. The molecule has 19 heavy (non-hydrogen) atoms. The molecule has 1 amide bonds. The van der Waals surface area contributed by atoms with Crippen molar-refractivity contribution in [3.63, 3.8) is 0 Å². The summed E-state index contributed by atoms with van der Waals surface area (Å²) in [6, 6.07) is 7.70. The highest BCUT2D eigenvalue weighted by Gasteiger charge is 2.33. The normalized spacial score (nSPS) is 22.1. The quantitative estimate of drug-likeness (QED) is 0.812. The van der Waals surface area contributed by atoms with Crippen molar-refractivity contribution in [3.05, 3.63) is 35.4 Å². The second kappa shape index (κ2) is 6.14. The minimum Gasteiger partial charge on any atom is -0.378 e. The van der Waals surface area contributed by atoms with Gasteiger partial charge in [-0.1, -0.05) is 24.3 Å². The maximum Gasteiger partial charge on any atom is 0.237 e. The van der Waals surface area contributed by atoms with Crippen LogP contribution in [-0.2, 0) is 9.53 Å². The van der Waals surface area contributed by atoms with Gasteiger partial charge in [-0.2, -0.15) is 0 Å². The number of carbonyl (C=O) groups is 1. The number of nitrogens with zero attached hydrogens (tertiary/aromatic N) is 1. The lowest BCUT2D eigenvalue weighted by molar-refractivity contribution is -0.131. The van der Waals surface area contributed by atoms with E-state index in [0.29, 0.717) is 26.3 Å². The minimum absolute atomic E-state index is 0.00241. The molecule has 0 aliphatic carbocycles. The highest BCUT2D eigenvalue weighted by atomic mass is 16.5. The van der Waals surface area contributed by atoms with E-state index in [1.165, 1.54) is 5.56 Å². The Kier molecular flexibility index (Phi) is 4.52. The van der Waals surface area contributed by atoms with Crippen molar-refractivity contribution in [2.75, 3.05) is 26.3 Å². The Balaban J connectivity index is 2.30. The number of rotatable bonds is 4. The summed E-state index contributed by atoms with van der Waals surface area (Å²) in [5, 5.41) is 0. The van der Waals surface area contributed by atoms with Gasteiger partial charge in [0.05, 0.1) is 13.2 Å². The van der Waals surface area contributed by atoms with Crippen LogP contribution in [0.15, 0.2) is 24.3 Å². The fraction of sp³-hybridized carbons (Fsp3) is 0.500. The number of amides is 1. The molecule has 2 rings (SSSR count). The molecule has 1 fully saturated rings. The minimum atomic E-state index is -0.401. The maximum atomic E-state index is 11.6. The van der Waals surface area contributed by atoms with Crippen molar-refractivity contribution in [1.29, 1.82) is 0 Å². The van der Waals surface area contributed by atoms with Gasteiger partial charge in [0, 0.05) is 19.1 Å². The first-order valence-electron chi connectivity index (χ1n) is 6.53. The number of nitrogens with two attached hydrogens (primary N) is 2. The van der Waals surface area contributed by atoms with Gasteiger partial charge in [-0.05, 0) is 18.1 Å². The molecule has 1 saturated heterocycles. The van der Waals surface area contributed by atoms with Crippen molar-refractivity contribution in [1.82, 2.24) is 4.90 Å². The zero-order chi connectivity index (χ0) is 13.8. The van der Waals surface area contributed by atoms with E-state index in [9.17, 15) is 4.79 Å². The number of benzene rings is 1. The van der Waals surface area contributed by atoms with Gasteiger partial charge in [-0.15, -0.1) is 0 Å². The maximum absolute atomic E-state index is 11.6. The summed E-state index contributed by atoms with van der Waals surface area (Å²) in [5.41, 5.74) is 13.7. The van der Waals surface area contributed by atoms with Crippen LogP contribution in [0.3, 0.4) is 0 Å². The van der Waals surface area contributed by atoms with Crippen LogP contribution in [0.1, 0.15) is 17.2 Å². The van der Waals surface area contributed by atoms with Crippen molar-refractivity contribution in [3.8, 4) is 0 Å². The van der Waals surface area contributed by atoms with Crippen LogP contribution in [0.25, 0.3) is 0 Å². The van der Waals surface area contributed by atoms with Gasteiger partial charge < -0.3 is 16.2 Å². The molecule has 0 saturated carbocycles. The Bertz CT molecular complexity index is 450. The Labute approximate surface area is 113 Å². The van der Waals surface area contributed by atoms with Gasteiger partial charge in [0.25, 0.3) is 0 Å². The SMILES string of the molecule is Cc1ccccc1C(CN)N1CCOCC1C(N)=O. The number of hydrogen-bond donors (Lipinski definition) is 2. The van der Waals surface area contributed by atoms with E-state index >= 15 is 0 Å². The van der Waals surface area contributed by atoms with Crippen LogP contribution in [0, 0.1) is 6.92 Å². The molecular weight excluding hydrogens is 242 g/mol. The summed E-state index contributed by atoms with van der Waals surface area (Å²) in [6.45, 7) is 4.13. The fourth-order valence-corrected chi connectivity index (χ4v) is 2.64. The lowest BCUT2D eigenvalue weighted by atomic mass is 9.98. The average Bonchev–Trinajstić information content (AvgIpc) is 2.42. The summed E-state index contributed by atoms with van der Waals surface area (Å²) in [4.78, 5) is 13.6. The summed E-state index contributed by atoms with van der Waals surface area (Å²) in [7, 11) is 0. The number of aryl methyl sites for hydroxylation is 1. The number of primary amides is 1. The van der Waals surface area contributed by atoms with Gasteiger partial charge >= 0.3 is 0 Å². The molecular formula is C14H21N3O2. The second-order valence-corrected chi connectivity index (χ2v) is 4.84. The van der Waals surface area contributed by atoms with E-state index < -0.39 is 6.04 Å². The third-order valence-corrected chi connectivity index (χ3v) is 3.67. The number of carbonyl (C=O) groups excluding carboxylic acids is 1. The molecule has 0 aromatic heterocycles. The van der Waals surface area contributed by atoms with Crippen molar-refractivity contribution < 1.29 is 9.53 Å². The van der Waals surface area contributed by atoms with E-state index in [1.807, 2.05) is 12.1 Å². The molecule has 5 heteroatoms. The number of morpholine rings is 1. The summed E-state index contributed by atoms with van der Waals surface area (Å²) in [5.74, 6) is -0.355. The monoisotopic (exact) mass is 263 g/mol. The topological polar surface area (TPSA) is 81.6 Å². The summed E-state index contributed by atoms with van der Waals surface area (Å²) in [6.07, 6.45) is 0. The molecule has 0 bridgehead atoms. The van der Waals surface area contributed by atoms with Crippen molar-refractivity contribution in [2.45, 2.75) is 19.0 Å². The first kappa shape index (κ1) is 14.0. The Morgan fingerprint density at radius 2 is 2.26 bits per heavy atom. The highest BCUT2D eigenvalue weighted by Crippen LogP contribution is 2.26. The van der Waals surface area contributed by atoms with Crippen LogP contribution in [0.4, 0.5) is 0 Å². The molecule has 104 valence electrons. The standard InChI is InChI=1S/C14H21N3O2/c1-10-4-2-3-5-11(10)12(8-15)17-6-7-19-9-13(17)14(16)18/h2-5,12-13H,6-9,15H2,1H3,(H2,16,18). The lowest BCUT2D eigenvalue weighted by Crippen LogP contribution is -2.54. The molecule has 4 N–H and O–H groups in total. The first-order valence-corrected chi connectivity index (χ1v) is 6.53. The van der Waals surface area contributed by atoms with Crippen LogP contribution >= 0.6 is 0 Å². The predicted octanol–water partition coefficient (Wildman–Crippen LogP) is 0.181. The zero-order valence-electron chi connectivity index (χ0n) is 11.2. The van der Waals surface area contributed by atoms with E-state index in [4.69, 9.17) is 16.2 Å². The molecule has 1 aliphatic heterocycles. The average molecular weight is 263 g/mol. The predicted molar refractivity (Wildman–Crippen MR) is 73.5 cm³/mol. The molecule has 2 atom stereocenters. The molecule has 0 radical (unpaired) electrons. The molecule has 1 aromatic carbocycles. The van der Waals surface area contributed by atoms with Crippen LogP contribution in [-0.4, -0.2) is 43.2 Å². The third kappa shape index (κ3) is 2.94. The highest BCUT2D eigenvalue weighted by molar-refractivity contribution is 5.80. The Morgan fingerprint density at radius 3 is 2.89 bits per heavy atom. The van der Waals surface area contributed by atoms with E-state index in [-0.39, 0.29) is 11.9 Å². The summed E-state index contributed by atoms with van der Waals surface area (Å²) < 4.78 is 5.35. The van der Waals surface area contributed by atoms with Crippen LogP contribution < -0.4 is 11.5 Å². The zero-order valence-corrected chi connectivity index (χ0v) is 11.2. The van der Waals surface area contributed by atoms with E-state index in [0.717, 1.165) is 5.56 Å². The third-order valence-electron chi connectivity index (χ3n) is 3.67. The molecule has 1 aromatic rings. The molecule has 0 spiro atoms. The molecule has 1 heterocycles. The van der Waals surface area contributed by atoms with Crippen molar-refractivity contribution in [2.24, 2.45) is 11.5 Å². The van der Waals surface area contributed by atoms with Gasteiger partial charge in [-0.3, -0.25) is 9.69 Å². The Morgan fingerprint density at radius 1 is 1.53 bits per heavy atom. The fourth-order valence-electron chi connectivity index (χ4n) is 2.64. The van der Waals surface area contributed by atoms with Gasteiger partial charge in [0.1, 0.15) is 6.04 Å². The lowest BCUT2D eigenvalue weighted by Gasteiger charge is -2.39.